The van der Waals surface area contributed by atoms with Gasteiger partial charge in [0, 0.05) is 53.0 Å². The summed E-state index contributed by atoms with van der Waals surface area (Å²) in [4.78, 5) is 44.8. The van der Waals surface area contributed by atoms with Gasteiger partial charge >= 0.3 is 6.09 Å². The number of halogens is 1. The van der Waals surface area contributed by atoms with Crippen LogP contribution in [0.15, 0.2) is 67.1 Å². The van der Waals surface area contributed by atoms with Gasteiger partial charge in [0.05, 0.1) is 24.7 Å². The molecule has 0 radical (unpaired) electrons. The molecule has 208 valence electrons. The highest BCUT2D eigenvalue weighted by Gasteiger charge is 2.35. The Morgan fingerprint density at radius 1 is 1.17 bits per heavy atom. The molecule has 1 aliphatic rings. The normalized spacial score (nSPS) is 14.5. The maximum absolute atomic E-state index is 13.8. The smallest absolute Gasteiger partial charge is 0.411 e. The number of benzene rings is 2. The van der Waals surface area contributed by atoms with Gasteiger partial charge < -0.3 is 15.4 Å². The number of rotatable bonds is 7. The molecule has 13 heteroatoms. The van der Waals surface area contributed by atoms with Crippen LogP contribution in [0, 0.1) is 0 Å². The Kier molecular flexibility index (Phi) is 8.01. The number of nitrogens with zero attached hydrogens (tertiary/aromatic N) is 6. The van der Waals surface area contributed by atoms with E-state index in [1.165, 1.54) is 29.1 Å². The second-order valence-electron chi connectivity index (χ2n) is 9.24. The van der Waals surface area contributed by atoms with E-state index in [0.717, 1.165) is 5.69 Å². The number of carbonyl (C=O) groups is 3. The summed E-state index contributed by atoms with van der Waals surface area (Å²) in [5.41, 5.74) is 10.2. The molecule has 4 aromatic rings. The van der Waals surface area contributed by atoms with Crippen LogP contribution in [0.4, 0.5) is 16.2 Å². The van der Waals surface area contributed by atoms with Crippen molar-refractivity contribution in [2.24, 2.45) is 0 Å². The number of carbonyl (C=O) groups excluding carboxylic acids is 3. The van der Waals surface area contributed by atoms with Gasteiger partial charge in [-0.2, -0.15) is 4.68 Å². The van der Waals surface area contributed by atoms with Gasteiger partial charge in [-0.05, 0) is 58.5 Å². The van der Waals surface area contributed by atoms with E-state index in [4.69, 9.17) is 17.3 Å². The molecule has 2 aromatic carbocycles. The lowest BCUT2D eigenvalue weighted by molar-refractivity contribution is -0.136. The number of hydrogen-bond donors (Lipinski definition) is 2. The number of nitrogens with two attached hydrogens (primary N) is 1. The number of nitrogen functional groups attached to an aromatic ring is 1. The van der Waals surface area contributed by atoms with Gasteiger partial charge in [-0.1, -0.05) is 23.7 Å². The standard InChI is InChI=1S/C28H25ClN8O4/c1-41-28(40)33-21-6-2-17(3-7-21)12-25(38)27-22-14-20(30)15-31-23(22)10-11-36(27)26(39)9-4-18-13-19(29)5-8-24(18)37-16-32-34-35-37/h2-9,13-16,27H,10-12,30H2,1H3,(H,33,40)/b9-4+. The third-order valence-electron chi connectivity index (χ3n) is 6.56. The number of pyridine rings is 1. The summed E-state index contributed by atoms with van der Waals surface area (Å²) < 4.78 is 6.07. The second kappa shape index (κ2) is 12.0. The van der Waals surface area contributed by atoms with E-state index < -0.39 is 12.1 Å². The molecule has 1 atom stereocenters. The Morgan fingerprint density at radius 3 is 2.71 bits per heavy atom. The van der Waals surface area contributed by atoms with E-state index in [9.17, 15) is 14.4 Å². The average Bonchev–Trinajstić information content (AvgIpc) is 3.51. The van der Waals surface area contributed by atoms with E-state index >= 15 is 0 Å². The van der Waals surface area contributed by atoms with Gasteiger partial charge in [0.2, 0.25) is 5.91 Å². The fraction of sp³-hybridized carbons (Fsp3) is 0.179. The molecule has 3 heterocycles. The topological polar surface area (TPSA) is 158 Å². The van der Waals surface area contributed by atoms with Gasteiger partial charge in [0.1, 0.15) is 12.4 Å². The molecule has 0 fully saturated rings. The lowest BCUT2D eigenvalue weighted by Crippen LogP contribution is -2.43. The first-order chi connectivity index (χ1) is 19.8. The number of Topliss-reactive ketones (excluding diaryl/α,β-unsaturated/α-hetero) is 1. The van der Waals surface area contributed by atoms with Crippen LogP contribution in [-0.4, -0.2) is 61.5 Å². The number of tetrazole rings is 1. The predicted octanol–water partition coefficient (Wildman–Crippen LogP) is 3.42. The van der Waals surface area contributed by atoms with Crippen molar-refractivity contribution >= 4 is 46.8 Å². The summed E-state index contributed by atoms with van der Waals surface area (Å²) in [7, 11) is 1.27. The minimum Gasteiger partial charge on any atom is -0.453 e. The van der Waals surface area contributed by atoms with Crippen LogP contribution in [0.25, 0.3) is 11.8 Å². The first-order valence-electron chi connectivity index (χ1n) is 12.5. The van der Waals surface area contributed by atoms with Crippen LogP contribution in [0.1, 0.15) is 28.4 Å². The Bertz CT molecular complexity index is 1620. The van der Waals surface area contributed by atoms with Gasteiger partial charge in [-0.3, -0.25) is 19.9 Å². The van der Waals surface area contributed by atoms with E-state index in [2.05, 4.69) is 30.6 Å². The molecule has 3 N–H and O–H groups in total. The number of hydrogen-bond acceptors (Lipinski definition) is 9. The van der Waals surface area contributed by atoms with Crippen molar-refractivity contribution in [3.05, 3.63) is 94.5 Å². The number of nitrogens with one attached hydrogen (secondary N) is 1. The van der Waals surface area contributed by atoms with Gasteiger partial charge in [-0.25, -0.2) is 4.79 Å². The Balaban J connectivity index is 1.42. The fourth-order valence-corrected chi connectivity index (χ4v) is 4.83. The van der Waals surface area contributed by atoms with E-state index in [0.29, 0.717) is 51.7 Å². The minimum absolute atomic E-state index is 0.0443. The van der Waals surface area contributed by atoms with Crippen molar-refractivity contribution in [3.8, 4) is 5.69 Å². The number of aromatic nitrogens is 5. The number of ketones is 1. The highest BCUT2D eigenvalue weighted by atomic mass is 35.5. The molecule has 41 heavy (non-hydrogen) atoms. The molecule has 0 bridgehead atoms. The highest BCUT2D eigenvalue weighted by molar-refractivity contribution is 6.30. The molecule has 5 rings (SSSR count). The van der Waals surface area contributed by atoms with Gasteiger partial charge in [0.15, 0.2) is 5.78 Å². The largest absolute Gasteiger partial charge is 0.453 e. The first-order valence-corrected chi connectivity index (χ1v) is 12.9. The zero-order chi connectivity index (χ0) is 28.9. The van der Waals surface area contributed by atoms with Crippen LogP contribution in [0.5, 0.6) is 0 Å². The van der Waals surface area contributed by atoms with Crippen molar-refractivity contribution in [2.75, 3.05) is 24.7 Å². The zero-order valence-corrected chi connectivity index (χ0v) is 22.7. The van der Waals surface area contributed by atoms with Crippen LogP contribution in [0.2, 0.25) is 5.02 Å². The van der Waals surface area contributed by atoms with Crippen LogP contribution in [-0.2, 0) is 27.2 Å². The van der Waals surface area contributed by atoms with Crippen LogP contribution >= 0.6 is 11.6 Å². The summed E-state index contributed by atoms with van der Waals surface area (Å²) >= 11 is 6.22. The molecule has 12 nitrogen and oxygen atoms in total. The molecule has 0 saturated heterocycles. The summed E-state index contributed by atoms with van der Waals surface area (Å²) in [6, 6.07) is 12.8. The second-order valence-corrected chi connectivity index (χ2v) is 9.67. The van der Waals surface area contributed by atoms with Crippen molar-refractivity contribution in [2.45, 2.75) is 18.9 Å². The predicted molar refractivity (Wildman–Crippen MR) is 151 cm³/mol. The van der Waals surface area contributed by atoms with Crippen molar-refractivity contribution in [1.82, 2.24) is 30.1 Å². The molecule has 0 spiro atoms. The fourth-order valence-electron chi connectivity index (χ4n) is 4.65. The van der Waals surface area contributed by atoms with E-state index in [1.807, 2.05) is 0 Å². The third-order valence-corrected chi connectivity index (χ3v) is 6.80. The molecule has 2 aromatic heterocycles. The number of amides is 2. The lowest BCUT2D eigenvalue weighted by Gasteiger charge is -2.35. The monoisotopic (exact) mass is 572 g/mol. The number of anilines is 2. The number of fused-ring (bicyclic) bond motifs is 1. The van der Waals surface area contributed by atoms with Gasteiger partial charge in [0.25, 0.3) is 0 Å². The summed E-state index contributed by atoms with van der Waals surface area (Å²) in [6.07, 6.45) is 5.93. The highest BCUT2D eigenvalue weighted by Crippen LogP contribution is 2.32. The molecule has 0 aliphatic carbocycles. The summed E-state index contributed by atoms with van der Waals surface area (Å²) in [5.74, 6) is -0.567. The maximum Gasteiger partial charge on any atom is 0.411 e. The number of ether oxygens (including phenoxy) is 1. The van der Waals surface area contributed by atoms with Crippen LogP contribution in [0.3, 0.4) is 0 Å². The van der Waals surface area contributed by atoms with Crippen LogP contribution < -0.4 is 11.1 Å². The first kappa shape index (κ1) is 27.5. The molecule has 1 aliphatic heterocycles. The molecular formula is C28H25ClN8O4. The molecule has 1 unspecified atom stereocenters. The third kappa shape index (κ3) is 6.23. The van der Waals surface area contributed by atoms with E-state index in [1.54, 1.807) is 60.8 Å². The van der Waals surface area contributed by atoms with Crippen molar-refractivity contribution in [1.29, 1.82) is 0 Å². The van der Waals surface area contributed by atoms with Gasteiger partial charge in [-0.15, -0.1) is 5.10 Å². The van der Waals surface area contributed by atoms with E-state index in [-0.39, 0.29) is 18.1 Å². The maximum atomic E-state index is 13.8. The Morgan fingerprint density at radius 2 is 1.98 bits per heavy atom. The quantitative estimate of drug-likeness (QED) is 0.316. The molecule has 2 amide bonds. The van der Waals surface area contributed by atoms with Crippen molar-refractivity contribution < 1.29 is 19.1 Å². The zero-order valence-electron chi connectivity index (χ0n) is 21.9. The molecular weight excluding hydrogens is 548 g/mol. The Hall–Kier alpha value is -5.10. The number of methoxy groups -OCH3 is 1. The minimum atomic E-state index is -0.891. The average molecular weight is 573 g/mol. The summed E-state index contributed by atoms with van der Waals surface area (Å²) in [5, 5.41) is 14.3. The Labute approximate surface area is 239 Å². The molecule has 0 saturated carbocycles. The lowest BCUT2D eigenvalue weighted by atomic mass is 9.90. The van der Waals surface area contributed by atoms with Crippen molar-refractivity contribution in [3.63, 3.8) is 0 Å². The summed E-state index contributed by atoms with van der Waals surface area (Å²) in [6.45, 7) is 0.293. The SMILES string of the molecule is COC(=O)Nc1ccc(CC(=O)C2c3cc(N)cnc3CCN2C(=O)/C=C/c2cc(Cl)ccc2-n2cnnn2)cc1.